The minimum Gasteiger partial charge on any atom is -0.354 e. The monoisotopic (exact) mass is 553 g/mol. The number of nitrogens with zero attached hydrogens (tertiary/aromatic N) is 3. The highest BCUT2D eigenvalue weighted by Crippen LogP contribution is 2.24. The highest BCUT2D eigenvalue weighted by Gasteiger charge is 2.20. The van der Waals surface area contributed by atoms with Crippen LogP contribution in [0.15, 0.2) is 29.4 Å². The van der Waals surface area contributed by atoms with Gasteiger partial charge in [-0.3, -0.25) is 9.89 Å². The van der Waals surface area contributed by atoms with Crippen molar-refractivity contribution in [3.05, 3.63) is 49.9 Å². The molecule has 0 bridgehead atoms. The molecule has 2 N–H and O–H groups in total. The van der Waals surface area contributed by atoms with Crippen LogP contribution in [0.25, 0.3) is 0 Å². The Labute approximate surface area is 197 Å². The smallest absolute Gasteiger partial charge is 0.191 e. The van der Waals surface area contributed by atoms with Crippen molar-refractivity contribution in [2.24, 2.45) is 4.99 Å². The van der Waals surface area contributed by atoms with E-state index in [1.54, 1.807) is 11.3 Å². The van der Waals surface area contributed by atoms with E-state index >= 15 is 0 Å². The molecule has 1 aliphatic rings. The summed E-state index contributed by atoms with van der Waals surface area (Å²) in [5, 5.41) is 9.19. The Morgan fingerprint density at radius 1 is 1.29 bits per heavy atom. The molecule has 1 saturated heterocycles. The zero-order valence-corrected chi connectivity index (χ0v) is 20.7. The fraction of sp³-hybridized carbons (Fsp3) is 0.474. The van der Waals surface area contributed by atoms with Gasteiger partial charge in [0, 0.05) is 43.8 Å². The molecule has 1 aromatic heterocycles. The summed E-state index contributed by atoms with van der Waals surface area (Å²) in [5.74, 6) is 0.839. The van der Waals surface area contributed by atoms with Gasteiger partial charge in [-0.05, 0) is 37.5 Å². The Balaban J connectivity index is 0.00000280. The second-order valence-corrected chi connectivity index (χ2v) is 8.87. The van der Waals surface area contributed by atoms with E-state index < -0.39 is 0 Å². The number of guanidine groups is 1. The van der Waals surface area contributed by atoms with E-state index in [-0.39, 0.29) is 24.0 Å². The Hall–Kier alpha value is -0.610. The zero-order valence-electron chi connectivity index (χ0n) is 16.0. The predicted molar refractivity (Wildman–Crippen MR) is 130 cm³/mol. The molecule has 0 atom stereocenters. The van der Waals surface area contributed by atoms with Crippen LogP contribution in [0.4, 0.5) is 0 Å². The van der Waals surface area contributed by atoms with Crippen molar-refractivity contribution in [3.8, 4) is 0 Å². The number of nitrogens with one attached hydrogen (secondary N) is 2. The van der Waals surface area contributed by atoms with E-state index in [0.717, 1.165) is 43.4 Å². The summed E-state index contributed by atoms with van der Waals surface area (Å²) in [4.78, 5) is 12.4. The standard InChI is InChI=1S/C19H25Cl2N5S.HI/c1-13-10-23-18(27-13)11-24-19(22-2)25-15-5-7-26(8-6-15)12-14-3-4-16(20)17(21)9-14;/h3-4,9-10,15H,5-8,11-12H2,1-2H3,(H2,22,24,25);1H. The first-order valence-electron chi connectivity index (χ1n) is 9.08. The van der Waals surface area contributed by atoms with Gasteiger partial charge in [0.1, 0.15) is 5.01 Å². The van der Waals surface area contributed by atoms with E-state index in [4.69, 9.17) is 23.2 Å². The molecular weight excluding hydrogens is 528 g/mol. The Morgan fingerprint density at radius 2 is 2.04 bits per heavy atom. The molecule has 3 rings (SSSR count). The molecule has 1 aliphatic heterocycles. The fourth-order valence-corrected chi connectivity index (χ4v) is 4.21. The average Bonchev–Trinajstić information content (AvgIpc) is 3.08. The SMILES string of the molecule is CN=C(NCc1ncc(C)s1)NC1CCN(Cc2ccc(Cl)c(Cl)c2)CC1.I. The normalized spacial score (nSPS) is 15.9. The van der Waals surface area contributed by atoms with Gasteiger partial charge in [0.2, 0.25) is 0 Å². The lowest BCUT2D eigenvalue weighted by Crippen LogP contribution is -2.48. The van der Waals surface area contributed by atoms with Gasteiger partial charge in [0.15, 0.2) is 5.96 Å². The largest absolute Gasteiger partial charge is 0.354 e. The quantitative estimate of drug-likeness (QED) is 0.320. The van der Waals surface area contributed by atoms with Gasteiger partial charge >= 0.3 is 0 Å². The van der Waals surface area contributed by atoms with Gasteiger partial charge < -0.3 is 10.6 Å². The first-order valence-corrected chi connectivity index (χ1v) is 10.7. The van der Waals surface area contributed by atoms with Crippen LogP contribution in [-0.4, -0.2) is 42.0 Å². The van der Waals surface area contributed by atoms with Crippen LogP contribution in [0.3, 0.4) is 0 Å². The maximum absolute atomic E-state index is 6.12. The van der Waals surface area contributed by atoms with E-state index in [1.807, 2.05) is 31.4 Å². The number of aryl methyl sites for hydroxylation is 1. The molecular formula is C19H26Cl2IN5S. The van der Waals surface area contributed by atoms with Crippen molar-refractivity contribution in [2.45, 2.75) is 38.9 Å². The van der Waals surface area contributed by atoms with Gasteiger partial charge in [-0.25, -0.2) is 4.98 Å². The highest BCUT2D eigenvalue weighted by atomic mass is 127. The minimum absolute atomic E-state index is 0. The number of benzene rings is 1. The van der Waals surface area contributed by atoms with E-state index in [9.17, 15) is 0 Å². The summed E-state index contributed by atoms with van der Waals surface area (Å²) in [6, 6.07) is 6.30. The molecule has 1 fully saturated rings. The van der Waals surface area contributed by atoms with Crippen LogP contribution in [0.2, 0.25) is 10.0 Å². The van der Waals surface area contributed by atoms with Gasteiger partial charge in [0.25, 0.3) is 0 Å². The van der Waals surface area contributed by atoms with Crippen LogP contribution in [0.5, 0.6) is 0 Å². The van der Waals surface area contributed by atoms with Gasteiger partial charge in [-0.2, -0.15) is 0 Å². The summed E-state index contributed by atoms with van der Waals surface area (Å²) in [6.45, 7) is 5.76. The minimum atomic E-state index is 0. The summed E-state index contributed by atoms with van der Waals surface area (Å²) in [6.07, 6.45) is 4.07. The van der Waals surface area contributed by atoms with Gasteiger partial charge in [-0.1, -0.05) is 29.3 Å². The molecule has 0 radical (unpaired) electrons. The van der Waals surface area contributed by atoms with Gasteiger partial charge in [0.05, 0.1) is 16.6 Å². The number of aromatic nitrogens is 1. The van der Waals surface area contributed by atoms with Crippen LogP contribution in [0.1, 0.15) is 28.3 Å². The Bertz CT molecular complexity index is 790. The number of rotatable bonds is 5. The first kappa shape index (κ1) is 23.7. The number of aliphatic imine (C=N–C) groups is 1. The van der Waals surface area contributed by atoms with Crippen LogP contribution in [0, 0.1) is 6.92 Å². The molecule has 2 aromatic rings. The van der Waals surface area contributed by atoms with E-state index in [2.05, 4.69) is 32.4 Å². The number of piperidine rings is 1. The van der Waals surface area contributed by atoms with Gasteiger partial charge in [-0.15, -0.1) is 35.3 Å². The number of thiazole rings is 1. The fourth-order valence-electron chi connectivity index (χ4n) is 3.16. The second-order valence-electron chi connectivity index (χ2n) is 6.73. The lowest BCUT2D eigenvalue weighted by atomic mass is 10.0. The number of hydrogen-bond donors (Lipinski definition) is 2. The van der Waals surface area contributed by atoms with Crippen LogP contribution >= 0.6 is 58.5 Å². The van der Waals surface area contributed by atoms with Crippen molar-refractivity contribution in [2.75, 3.05) is 20.1 Å². The molecule has 9 heteroatoms. The molecule has 0 unspecified atom stereocenters. The molecule has 2 heterocycles. The van der Waals surface area contributed by atoms with Crippen molar-refractivity contribution < 1.29 is 0 Å². The Morgan fingerprint density at radius 3 is 2.64 bits per heavy atom. The molecule has 0 spiro atoms. The number of likely N-dealkylation sites (tertiary alicyclic amines) is 1. The molecule has 0 aliphatic carbocycles. The first-order chi connectivity index (χ1) is 13.0. The lowest BCUT2D eigenvalue weighted by Gasteiger charge is -2.33. The molecule has 5 nitrogen and oxygen atoms in total. The van der Waals surface area contributed by atoms with Crippen LogP contribution < -0.4 is 10.6 Å². The molecule has 28 heavy (non-hydrogen) atoms. The maximum atomic E-state index is 6.12. The van der Waals surface area contributed by atoms with Crippen LogP contribution in [-0.2, 0) is 13.1 Å². The molecule has 1 aromatic carbocycles. The van der Waals surface area contributed by atoms with E-state index in [0.29, 0.717) is 22.6 Å². The zero-order chi connectivity index (χ0) is 19.2. The summed E-state index contributed by atoms with van der Waals surface area (Å²) in [5.41, 5.74) is 1.20. The molecule has 154 valence electrons. The maximum Gasteiger partial charge on any atom is 0.191 e. The third kappa shape index (κ3) is 7.02. The van der Waals surface area contributed by atoms with Crippen molar-refractivity contribution in [1.82, 2.24) is 20.5 Å². The average molecular weight is 554 g/mol. The number of halogens is 3. The molecule has 0 amide bonds. The van der Waals surface area contributed by atoms with Crippen molar-refractivity contribution in [1.29, 1.82) is 0 Å². The number of hydrogen-bond acceptors (Lipinski definition) is 4. The predicted octanol–water partition coefficient (Wildman–Crippen LogP) is 4.71. The summed E-state index contributed by atoms with van der Waals surface area (Å²) < 4.78 is 0. The van der Waals surface area contributed by atoms with Crippen molar-refractivity contribution in [3.63, 3.8) is 0 Å². The lowest BCUT2D eigenvalue weighted by molar-refractivity contribution is 0.198. The highest BCUT2D eigenvalue weighted by molar-refractivity contribution is 14.0. The topological polar surface area (TPSA) is 52.6 Å². The second kappa shape index (κ2) is 11.5. The summed E-state index contributed by atoms with van der Waals surface area (Å²) in [7, 11) is 1.81. The third-order valence-corrected chi connectivity index (χ3v) is 6.27. The molecule has 0 saturated carbocycles. The third-order valence-electron chi connectivity index (χ3n) is 4.62. The van der Waals surface area contributed by atoms with Crippen molar-refractivity contribution >= 4 is 64.5 Å². The van der Waals surface area contributed by atoms with E-state index in [1.165, 1.54) is 10.4 Å². The summed E-state index contributed by atoms with van der Waals surface area (Å²) >= 11 is 13.8. The Kier molecular flexibility index (Phi) is 9.76.